The summed E-state index contributed by atoms with van der Waals surface area (Å²) in [6, 6.07) is 10.1. The molecule has 2 nitrogen and oxygen atoms in total. The minimum absolute atomic E-state index is 0.131. The molecule has 1 heterocycles. The van der Waals surface area contributed by atoms with Crippen molar-refractivity contribution < 1.29 is 13.6 Å². The molecular weight excluding hydrogens is 260 g/mol. The molecule has 4 heteroatoms. The predicted molar refractivity (Wildman–Crippen MR) is 72.7 cm³/mol. The number of hydrogen-bond acceptors (Lipinski definition) is 1. The fraction of sp³-hybridized carbons (Fsp3) is 0.0625. The number of benzene rings is 2. The van der Waals surface area contributed by atoms with Gasteiger partial charge in [0.2, 0.25) is 0 Å². The number of aromatic amines is 1. The Bertz CT molecular complexity index is 775. The summed E-state index contributed by atoms with van der Waals surface area (Å²) < 4.78 is 26.1. The van der Waals surface area contributed by atoms with Crippen molar-refractivity contribution in [3.05, 3.63) is 71.4 Å². The van der Waals surface area contributed by atoms with Gasteiger partial charge in [0.1, 0.15) is 11.6 Å². The van der Waals surface area contributed by atoms with Crippen molar-refractivity contribution in [3.63, 3.8) is 0 Å². The third kappa shape index (κ3) is 2.32. The molecule has 0 aliphatic rings. The molecule has 1 aromatic heterocycles. The van der Waals surface area contributed by atoms with Crippen LogP contribution in [-0.2, 0) is 6.42 Å². The quantitative estimate of drug-likeness (QED) is 0.721. The van der Waals surface area contributed by atoms with Crippen LogP contribution in [0.3, 0.4) is 0 Å². The maximum Gasteiger partial charge on any atom is 0.169 e. The number of nitrogens with one attached hydrogen (secondary N) is 1. The third-order valence-electron chi connectivity index (χ3n) is 3.22. The maximum absolute atomic E-state index is 13.3. The molecule has 2 aromatic carbocycles. The van der Waals surface area contributed by atoms with E-state index < -0.39 is 0 Å². The number of rotatable bonds is 3. The molecule has 0 amide bonds. The second-order valence-electron chi connectivity index (χ2n) is 4.62. The number of halogens is 2. The monoisotopic (exact) mass is 271 g/mol. The summed E-state index contributed by atoms with van der Waals surface area (Å²) in [4.78, 5) is 15.2. The molecule has 0 spiro atoms. The zero-order valence-electron chi connectivity index (χ0n) is 10.5. The van der Waals surface area contributed by atoms with Gasteiger partial charge in [-0.2, -0.15) is 0 Å². The van der Waals surface area contributed by atoms with Gasteiger partial charge in [0.05, 0.1) is 0 Å². The molecule has 0 fully saturated rings. The zero-order chi connectivity index (χ0) is 14.1. The fourth-order valence-electron chi connectivity index (χ4n) is 2.21. The van der Waals surface area contributed by atoms with E-state index in [1.807, 2.05) is 0 Å². The molecule has 0 unspecified atom stereocenters. The van der Waals surface area contributed by atoms with E-state index in [0.717, 1.165) is 5.56 Å². The van der Waals surface area contributed by atoms with Crippen molar-refractivity contribution in [1.82, 2.24) is 4.98 Å². The lowest BCUT2D eigenvalue weighted by molar-refractivity contribution is 0.0994. The van der Waals surface area contributed by atoms with Crippen molar-refractivity contribution in [1.29, 1.82) is 0 Å². The Morgan fingerprint density at radius 1 is 1.00 bits per heavy atom. The second-order valence-corrected chi connectivity index (χ2v) is 4.62. The standard InChI is InChI=1S/C16H11F2NO/c17-11-3-1-10(2-4-11)7-16(20)14-9-19-15-6-5-12(18)8-13(14)15/h1-6,8-9,19H,7H2. The molecule has 3 rings (SSSR count). The molecule has 0 bridgehead atoms. The normalized spacial score (nSPS) is 10.9. The smallest absolute Gasteiger partial charge is 0.169 e. The average molecular weight is 271 g/mol. The largest absolute Gasteiger partial charge is 0.360 e. The molecule has 1 N–H and O–H groups in total. The number of fused-ring (bicyclic) bond motifs is 1. The summed E-state index contributed by atoms with van der Waals surface area (Å²) in [6.45, 7) is 0. The van der Waals surface area contributed by atoms with Gasteiger partial charge in [-0.1, -0.05) is 12.1 Å². The number of carbonyl (C=O) groups excluding carboxylic acids is 1. The molecule has 0 saturated heterocycles. The van der Waals surface area contributed by atoms with Crippen molar-refractivity contribution in [2.45, 2.75) is 6.42 Å². The van der Waals surface area contributed by atoms with E-state index in [0.29, 0.717) is 16.5 Å². The Morgan fingerprint density at radius 2 is 1.70 bits per heavy atom. The summed E-state index contributed by atoms with van der Waals surface area (Å²) in [7, 11) is 0. The maximum atomic E-state index is 13.3. The first-order chi connectivity index (χ1) is 9.63. The highest BCUT2D eigenvalue weighted by Gasteiger charge is 2.13. The van der Waals surface area contributed by atoms with E-state index in [1.54, 1.807) is 24.4 Å². The molecule has 0 aliphatic heterocycles. The van der Waals surface area contributed by atoms with Crippen molar-refractivity contribution in [2.75, 3.05) is 0 Å². The lowest BCUT2D eigenvalue weighted by atomic mass is 10.0. The van der Waals surface area contributed by atoms with Crippen LogP contribution < -0.4 is 0 Å². The molecule has 0 radical (unpaired) electrons. The van der Waals surface area contributed by atoms with Gasteiger partial charge in [-0.15, -0.1) is 0 Å². The lowest BCUT2D eigenvalue weighted by Crippen LogP contribution is -2.02. The highest BCUT2D eigenvalue weighted by Crippen LogP contribution is 2.21. The van der Waals surface area contributed by atoms with Crippen molar-refractivity contribution in [3.8, 4) is 0 Å². The van der Waals surface area contributed by atoms with Crippen LogP contribution in [0.15, 0.2) is 48.7 Å². The Kier molecular flexibility index (Phi) is 3.06. The van der Waals surface area contributed by atoms with Crippen molar-refractivity contribution >= 4 is 16.7 Å². The highest BCUT2D eigenvalue weighted by atomic mass is 19.1. The Balaban J connectivity index is 1.92. The molecule has 100 valence electrons. The van der Waals surface area contributed by atoms with E-state index in [-0.39, 0.29) is 23.8 Å². The fourth-order valence-corrected chi connectivity index (χ4v) is 2.21. The highest BCUT2D eigenvalue weighted by molar-refractivity contribution is 6.08. The summed E-state index contributed by atoms with van der Waals surface area (Å²) >= 11 is 0. The third-order valence-corrected chi connectivity index (χ3v) is 3.22. The molecule has 3 aromatic rings. The van der Waals surface area contributed by atoms with Crippen LogP contribution in [0.1, 0.15) is 15.9 Å². The van der Waals surface area contributed by atoms with Crippen LogP contribution in [0.25, 0.3) is 10.9 Å². The van der Waals surface area contributed by atoms with Crippen LogP contribution in [0.2, 0.25) is 0 Å². The molecule has 0 aliphatic carbocycles. The number of aromatic nitrogens is 1. The van der Waals surface area contributed by atoms with E-state index in [4.69, 9.17) is 0 Å². The summed E-state index contributed by atoms with van der Waals surface area (Å²) in [6.07, 6.45) is 1.74. The number of H-pyrrole nitrogens is 1. The van der Waals surface area contributed by atoms with Gasteiger partial charge < -0.3 is 4.98 Å². The van der Waals surface area contributed by atoms with Gasteiger partial charge in [-0.05, 0) is 35.9 Å². The Hall–Kier alpha value is -2.49. The van der Waals surface area contributed by atoms with Crippen molar-refractivity contribution in [2.24, 2.45) is 0 Å². The van der Waals surface area contributed by atoms with Gasteiger partial charge in [0.15, 0.2) is 5.78 Å². The van der Waals surface area contributed by atoms with E-state index in [2.05, 4.69) is 4.98 Å². The first kappa shape index (κ1) is 12.5. The predicted octanol–water partition coefficient (Wildman–Crippen LogP) is 3.87. The Labute approximate surface area is 114 Å². The second kappa shape index (κ2) is 4.89. The van der Waals surface area contributed by atoms with E-state index in [1.165, 1.54) is 24.3 Å². The first-order valence-corrected chi connectivity index (χ1v) is 6.18. The summed E-state index contributed by atoms with van der Waals surface area (Å²) in [5.41, 5.74) is 1.89. The van der Waals surface area contributed by atoms with Crippen LogP contribution in [-0.4, -0.2) is 10.8 Å². The minimum Gasteiger partial charge on any atom is -0.360 e. The molecular formula is C16H11F2NO. The number of hydrogen-bond donors (Lipinski definition) is 1. The molecule has 0 atom stereocenters. The Morgan fingerprint density at radius 3 is 2.45 bits per heavy atom. The SMILES string of the molecule is O=C(Cc1ccc(F)cc1)c1c[nH]c2ccc(F)cc12. The van der Waals surface area contributed by atoms with Gasteiger partial charge >= 0.3 is 0 Å². The topological polar surface area (TPSA) is 32.9 Å². The van der Waals surface area contributed by atoms with Crippen LogP contribution in [0, 0.1) is 11.6 Å². The lowest BCUT2D eigenvalue weighted by Gasteiger charge is -2.01. The van der Waals surface area contributed by atoms with Crippen LogP contribution >= 0.6 is 0 Å². The van der Waals surface area contributed by atoms with Gasteiger partial charge in [-0.3, -0.25) is 4.79 Å². The van der Waals surface area contributed by atoms with E-state index >= 15 is 0 Å². The zero-order valence-corrected chi connectivity index (χ0v) is 10.5. The van der Waals surface area contributed by atoms with Gasteiger partial charge in [0.25, 0.3) is 0 Å². The average Bonchev–Trinajstić information content (AvgIpc) is 2.84. The summed E-state index contributed by atoms with van der Waals surface area (Å²) in [5.74, 6) is -0.850. The molecule has 0 saturated carbocycles. The first-order valence-electron chi connectivity index (χ1n) is 6.18. The van der Waals surface area contributed by atoms with Gasteiger partial charge in [0, 0.05) is 29.1 Å². The summed E-state index contributed by atoms with van der Waals surface area (Å²) in [5, 5.41) is 0.567. The van der Waals surface area contributed by atoms with E-state index in [9.17, 15) is 13.6 Å². The molecule has 20 heavy (non-hydrogen) atoms. The van der Waals surface area contributed by atoms with Crippen LogP contribution in [0.5, 0.6) is 0 Å². The number of ketones is 1. The number of carbonyl (C=O) groups is 1. The van der Waals surface area contributed by atoms with Crippen LogP contribution in [0.4, 0.5) is 8.78 Å². The number of Topliss-reactive ketones (excluding diaryl/α,β-unsaturated/α-hetero) is 1. The minimum atomic E-state index is -0.382. The van der Waals surface area contributed by atoms with Gasteiger partial charge in [-0.25, -0.2) is 8.78 Å².